The molecule has 2 aromatic rings. The van der Waals surface area contributed by atoms with Crippen LogP contribution in [0.2, 0.25) is 0 Å². The van der Waals surface area contributed by atoms with E-state index in [9.17, 15) is 4.39 Å². The molecule has 0 spiro atoms. The van der Waals surface area contributed by atoms with Crippen LogP contribution in [0.15, 0.2) is 48.5 Å². The van der Waals surface area contributed by atoms with Crippen molar-refractivity contribution >= 4 is 11.8 Å². The number of hydrogen-bond acceptors (Lipinski definition) is 2. The third-order valence-corrected chi connectivity index (χ3v) is 4.88. The smallest absolute Gasteiger partial charge is 0.127 e. The molecule has 1 aliphatic heterocycles. The molecule has 1 heterocycles. The number of halogens is 1. The molecule has 0 bridgehead atoms. The van der Waals surface area contributed by atoms with Gasteiger partial charge >= 0.3 is 0 Å². The van der Waals surface area contributed by atoms with Crippen molar-refractivity contribution in [3.63, 3.8) is 0 Å². The topological polar surface area (TPSA) is 12.0 Å². The van der Waals surface area contributed by atoms with Crippen LogP contribution >= 0.6 is 11.8 Å². The van der Waals surface area contributed by atoms with Gasteiger partial charge in [0.05, 0.1) is 0 Å². The van der Waals surface area contributed by atoms with Crippen LogP contribution < -0.4 is 5.32 Å². The molecular weight excluding hydrogens is 269 g/mol. The summed E-state index contributed by atoms with van der Waals surface area (Å²) >= 11 is 1.93. The molecular formula is C17H18FNS. The van der Waals surface area contributed by atoms with E-state index in [0.29, 0.717) is 6.04 Å². The summed E-state index contributed by atoms with van der Waals surface area (Å²) < 4.78 is 13.8. The average molecular weight is 287 g/mol. The summed E-state index contributed by atoms with van der Waals surface area (Å²) in [5, 5.41) is 3.57. The van der Waals surface area contributed by atoms with Crippen molar-refractivity contribution in [2.24, 2.45) is 0 Å². The zero-order chi connectivity index (χ0) is 13.9. The SMILES string of the molecule is CC(NC1CSCc2ccccc21)c1ccccc1F. The Labute approximate surface area is 123 Å². The lowest BCUT2D eigenvalue weighted by Crippen LogP contribution is -2.29. The van der Waals surface area contributed by atoms with Crippen LogP contribution in [0.3, 0.4) is 0 Å². The molecule has 0 saturated carbocycles. The van der Waals surface area contributed by atoms with Crippen LogP contribution in [0.25, 0.3) is 0 Å². The zero-order valence-electron chi connectivity index (χ0n) is 11.5. The Morgan fingerprint density at radius 1 is 1.15 bits per heavy atom. The molecule has 0 aliphatic carbocycles. The predicted octanol–water partition coefficient (Wildman–Crippen LogP) is 4.46. The highest BCUT2D eigenvalue weighted by Crippen LogP contribution is 2.33. The minimum atomic E-state index is -0.135. The zero-order valence-corrected chi connectivity index (χ0v) is 12.3. The lowest BCUT2D eigenvalue weighted by Gasteiger charge is -2.29. The van der Waals surface area contributed by atoms with Crippen LogP contribution in [0.5, 0.6) is 0 Å². The Morgan fingerprint density at radius 2 is 1.90 bits per heavy atom. The largest absolute Gasteiger partial charge is 0.302 e. The number of fused-ring (bicyclic) bond motifs is 1. The molecule has 0 saturated heterocycles. The van der Waals surface area contributed by atoms with Crippen molar-refractivity contribution in [3.05, 3.63) is 71.0 Å². The van der Waals surface area contributed by atoms with E-state index in [1.54, 1.807) is 6.07 Å². The van der Waals surface area contributed by atoms with Crippen LogP contribution in [0.4, 0.5) is 4.39 Å². The summed E-state index contributed by atoms with van der Waals surface area (Å²) in [6.07, 6.45) is 0. The van der Waals surface area contributed by atoms with Gasteiger partial charge in [-0.15, -0.1) is 0 Å². The first-order chi connectivity index (χ1) is 9.75. The molecule has 0 fully saturated rings. The van der Waals surface area contributed by atoms with Crippen molar-refractivity contribution in [1.29, 1.82) is 0 Å². The Bertz CT molecular complexity index is 599. The molecule has 1 N–H and O–H groups in total. The molecule has 3 heteroatoms. The van der Waals surface area contributed by atoms with Crippen molar-refractivity contribution in [3.8, 4) is 0 Å². The Balaban J connectivity index is 1.81. The Hall–Kier alpha value is -1.32. The van der Waals surface area contributed by atoms with Gasteiger partial charge in [-0.1, -0.05) is 42.5 Å². The van der Waals surface area contributed by atoms with E-state index < -0.39 is 0 Å². The third kappa shape index (κ3) is 2.74. The first kappa shape index (κ1) is 13.7. The van der Waals surface area contributed by atoms with Crippen LogP contribution in [0, 0.1) is 5.82 Å². The number of thioether (sulfide) groups is 1. The summed E-state index contributed by atoms with van der Waals surface area (Å²) in [4.78, 5) is 0. The lowest BCUT2D eigenvalue weighted by molar-refractivity contribution is 0.475. The van der Waals surface area contributed by atoms with Gasteiger partial charge in [0.1, 0.15) is 5.82 Å². The summed E-state index contributed by atoms with van der Waals surface area (Å²) in [6, 6.07) is 15.8. The molecule has 0 aromatic heterocycles. The number of nitrogens with one attached hydrogen (secondary N) is 1. The maximum Gasteiger partial charge on any atom is 0.127 e. The summed E-state index contributed by atoms with van der Waals surface area (Å²) in [6.45, 7) is 2.03. The van der Waals surface area contributed by atoms with Gasteiger partial charge in [-0.3, -0.25) is 0 Å². The second-order valence-electron chi connectivity index (χ2n) is 5.18. The lowest BCUT2D eigenvalue weighted by atomic mass is 9.99. The fourth-order valence-corrected chi connectivity index (χ4v) is 3.85. The molecule has 0 radical (unpaired) electrons. The van der Waals surface area contributed by atoms with Gasteiger partial charge < -0.3 is 5.32 Å². The van der Waals surface area contributed by atoms with Crippen LogP contribution in [-0.2, 0) is 5.75 Å². The normalized spacial score (nSPS) is 19.4. The molecule has 3 rings (SSSR count). The van der Waals surface area contributed by atoms with E-state index in [-0.39, 0.29) is 11.9 Å². The standard InChI is InChI=1S/C17H18FNS/c1-12(14-7-4-5-9-16(14)18)19-17-11-20-10-13-6-2-3-8-15(13)17/h2-9,12,17,19H,10-11H2,1H3. The molecule has 2 atom stereocenters. The Kier molecular flexibility index (Phi) is 4.08. The van der Waals surface area contributed by atoms with Gasteiger partial charge in [0.15, 0.2) is 0 Å². The fraction of sp³-hybridized carbons (Fsp3) is 0.294. The second kappa shape index (κ2) is 5.98. The minimum Gasteiger partial charge on any atom is -0.302 e. The summed E-state index contributed by atoms with van der Waals surface area (Å²) in [7, 11) is 0. The van der Waals surface area contributed by atoms with Gasteiger partial charge in [0.2, 0.25) is 0 Å². The molecule has 2 unspecified atom stereocenters. The van der Waals surface area contributed by atoms with Gasteiger partial charge in [-0.2, -0.15) is 11.8 Å². The van der Waals surface area contributed by atoms with E-state index in [2.05, 4.69) is 29.6 Å². The molecule has 1 aliphatic rings. The maximum atomic E-state index is 13.8. The van der Waals surface area contributed by atoms with E-state index in [1.165, 1.54) is 17.2 Å². The van der Waals surface area contributed by atoms with Gasteiger partial charge in [-0.05, 0) is 24.1 Å². The number of rotatable bonds is 3. The second-order valence-corrected chi connectivity index (χ2v) is 6.21. The quantitative estimate of drug-likeness (QED) is 0.894. The monoisotopic (exact) mass is 287 g/mol. The average Bonchev–Trinajstić information content (AvgIpc) is 2.48. The number of hydrogen-bond donors (Lipinski definition) is 1. The molecule has 20 heavy (non-hydrogen) atoms. The van der Waals surface area contributed by atoms with Crippen molar-refractivity contribution in [2.45, 2.75) is 24.8 Å². The highest BCUT2D eigenvalue weighted by atomic mass is 32.2. The van der Waals surface area contributed by atoms with Gasteiger partial charge in [0, 0.05) is 29.2 Å². The summed E-state index contributed by atoms with van der Waals surface area (Å²) in [5.41, 5.74) is 3.48. The molecule has 2 aromatic carbocycles. The first-order valence-corrected chi connectivity index (χ1v) is 8.07. The summed E-state index contributed by atoms with van der Waals surface area (Å²) in [5.74, 6) is 1.97. The molecule has 104 valence electrons. The van der Waals surface area contributed by atoms with Crippen molar-refractivity contribution in [1.82, 2.24) is 5.32 Å². The number of benzene rings is 2. The Morgan fingerprint density at radius 3 is 2.75 bits per heavy atom. The minimum absolute atomic E-state index is 0.00737. The van der Waals surface area contributed by atoms with E-state index in [1.807, 2.05) is 30.8 Å². The van der Waals surface area contributed by atoms with E-state index in [4.69, 9.17) is 0 Å². The molecule has 0 amide bonds. The van der Waals surface area contributed by atoms with Crippen molar-refractivity contribution < 1.29 is 4.39 Å². The highest BCUT2D eigenvalue weighted by molar-refractivity contribution is 7.98. The maximum absolute atomic E-state index is 13.8. The van der Waals surface area contributed by atoms with E-state index >= 15 is 0 Å². The van der Waals surface area contributed by atoms with Gasteiger partial charge in [0.25, 0.3) is 0 Å². The fourth-order valence-electron chi connectivity index (χ4n) is 2.74. The van der Waals surface area contributed by atoms with Crippen molar-refractivity contribution in [2.75, 3.05) is 5.75 Å². The third-order valence-electron chi connectivity index (χ3n) is 3.80. The van der Waals surface area contributed by atoms with Crippen LogP contribution in [0.1, 0.15) is 35.7 Å². The highest BCUT2D eigenvalue weighted by Gasteiger charge is 2.22. The van der Waals surface area contributed by atoms with E-state index in [0.717, 1.165) is 17.1 Å². The van der Waals surface area contributed by atoms with Crippen LogP contribution in [-0.4, -0.2) is 5.75 Å². The predicted molar refractivity (Wildman–Crippen MR) is 83.3 cm³/mol. The molecule has 1 nitrogen and oxygen atoms in total. The van der Waals surface area contributed by atoms with Gasteiger partial charge in [-0.25, -0.2) is 4.39 Å². The first-order valence-electron chi connectivity index (χ1n) is 6.91.